The van der Waals surface area contributed by atoms with Gasteiger partial charge in [-0.05, 0) is 13.0 Å². The number of rotatable bonds is 7. The summed E-state index contributed by atoms with van der Waals surface area (Å²) in [6, 6.07) is 0.397. The first-order valence-corrected chi connectivity index (χ1v) is 8.05. The summed E-state index contributed by atoms with van der Waals surface area (Å²) in [5.74, 6) is 2.61. The summed E-state index contributed by atoms with van der Waals surface area (Å²) >= 11 is 1.84. The molecule has 110 valence electrons. The largest absolute Gasteiger partial charge is 0.339 e. The van der Waals surface area contributed by atoms with Gasteiger partial charge in [-0.1, -0.05) is 46.7 Å². The predicted octanol–water partition coefficient (Wildman–Crippen LogP) is 3.59. The number of hydrogen-bond acceptors (Lipinski definition) is 5. The number of likely N-dealkylation sites (N-methyl/N-ethyl adjacent to an activating group) is 1. The van der Waals surface area contributed by atoms with E-state index in [1.807, 2.05) is 11.8 Å². The minimum absolute atomic E-state index is 0.224. The van der Waals surface area contributed by atoms with E-state index in [1.54, 1.807) is 0 Å². The lowest BCUT2D eigenvalue weighted by Gasteiger charge is -2.20. The molecule has 19 heavy (non-hydrogen) atoms. The molecule has 1 aromatic rings. The zero-order valence-electron chi connectivity index (χ0n) is 13.0. The molecule has 0 saturated carbocycles. The average molecular weight is 285 g/mol. The van der Waals surface area contributed by atoms with Crippen LogP contribution in [-0.2, 0) is 5.75 Å². The minimum Gasteiger partial charge on any atom is -0.339 e. The molecule has 4 nitrogen and oxygen atoms in total. The Balaban J connectivity index is 2.62. The van der Waals surface area contributed by atoms with Crippen molar-refractivity contribution >= 4 is 11.8 Å². The number of nitrogens with one attached hydrogen (secondary N) is 1. The van der Waals surface area contributed by atoms with Crippen molar-refractivity contribution in [3.8, 4) is 0 Å². The van der Waals surface area contributed by atoms with E-state index in [2.05, 4.69) is 57.0 Å². The Morgan fingerprint density at radius 1 is 1.32 bits per heavy atom. The van der Waals surface area contributed by atoms with Crippen LogP contribution in [-0.4, -0.2) is 27.5 Å². The van der Waals surface area contributed by atoms with Crippen molar-refractivity contribution in [3.05, 3.63) is 11.7 Å². The van der Waals surface area contributed by atoms with Gasteiger partial charge in [0.1, 0.15) is 0 Å². The fourth-order valence-electron chi connectivity index (χ4n) is 1.90. The maximum atomic E-state index is 5.41. The summed E-state index contributed by atoms with van der Waals surface area (Å²) in [6.45, 7) is 14.0. The van der Waals surface area contributed by atoms with Gasteiger partial charge >= 0.3 is 0 Å². The van der Waals surface area contributed by atoms with E-state index >= 15 is 0 Å². The highest BCUT2D eigenvalue weighted by Gasteiger charge is 2.22. The summed E-state index contributed by atoms with van der Waals surface area (Å²) in [6.07, 6.45) is 1.06. The van der Waals surface area contributed by atoms with Crippen LogP contribution in [0.4, 0.5) is 0 Å². The molecule has 0 aromatic carbocycles. The Kier molecular flexibility index (Phi) is 6.33. The number of aromatic nitrogens is 2. The van der Waals surface area contributed by atoms with Crippen molar-refractivity contribution in [1.29, 1.82) is 0 Å². The van der Waals surface area contributed by atoms with Gasteiger partial charge in [0, 0.05) is 10.8 Å². The summed E-state index contributed by atoms with van der Waals surface area (Å²) in [5.41, 5.74) is 0. The van der Waals surface area contributed by atoms with Crippen molar-refractivity contribution in [2.75, 3.05) is 6.54 Å². The van der Waals surface area contributed by atoms with Gasteiger partial charge in [0.15, 0.2) is 5.82 Å². The Hall–Kier alpha value is -0.550. The van der Waals surface area contributed by atoms with Crippen LogP contribution in [0.5, 0.6) is 0 Å². The van der Waals surface area contributed by atoms with Crippen LogP contribution < -0.4 is 5.32 Å². The molecule has 0 aliphatic heterocycles. The Labute approximate surface area is 121 Å². The number of thioether (sulfide) groups is 1. The second kappa shape index (κ2) is 7.29. The van der Waals surface area contributed by atoms with E-state index in [4.69, 9.17) is 4.52 Å². The summed E-state index contributed by atoms with van der Waals surface area (Å²) in [4.78, 5) is 4.53. The highest BCUT2D eigenvalue weighted by Crippen LogP contribution is 2.27. The van der Waals surface area contributed by atoms with Crippen LogP contribution in [0.1, 0.15) is 65.6 Å². The van der Waals surface area contributed by atoms with E-state index < -0.39 is 0 Å². The van der Waals surface area contributed by atoms with Crippen molar-refractivity contribution in [2.45, 2.75) is 70.4 Å². The SMILES string of the molecule is CCNC(CC)C(C)c1nc(CSC(C)(C)C)no1. The molecule has 0 saturated heterocycles. The topological polar surface area (TPSA) is 51.0 Å². The monoisotopic (exact) mass is 285 g/mol. The van der Waals surface area contributed by atoms with Crippen molar-refractivity contribution in [1.82, 2.24) is 15.5 Å². The van der Waals surface area contributed by atoms with Crippen molar-refractivity contribution < 1.29 is 4.52 Å². The number of nitrogens with zero attached hydrogens (tertiary/aromatic N) is 2. The minimum atomic E-state index is 0.224. The van der Waals surface area contributed by atoms with Crippen LogP contribution in [0.2, 0.25) is 0 Å². The third kappa shape index (κ3) is 5.53. The maximum Gasteiger partial charge on any atom is 0.231 e. The van der Waals surface area contributed by atoms with Gasteiger partial charge in [0.05, 0.1) is 11.7 Å². The Morgan fingerprint density at radius 2 is 2.00 bits per heavy atom. The molecule has 0 aliphatic rings. The maximum absolute atomic E-state index is 5.41. The molecule has 0 amide bonds. The van der Waals surface area contributed by atoms with E-state index in [0.717, 1.165) is 30.4 Å². The second-order valence-corrected chi connectivity index (χ2v) is 7.61. The normalized spacial score (nSPS) is 15.5. The quantitative estimate of drug-likeness (QED) is 0.829. The molecular weight excluding hydrogens is 258 g/mol. The van der Waals surface area contributed by atoms with Gasteiger partial charge in [-0.25, -0.2) is 0 Å². The third-order valence-corrected chi connectivity index (χ3v) is 4.29. The summed E-state index contributed by atoms with van der Waals surface area (Å²) in [7, 11) is 0. The molecule has 1 N–H and O–H groups in total. The van der Waals surface area contributed by atoms with Gasteiger partial charge in [-0.3, -0.25) is 0 Å². The molecule has 1 aromatic heterocycles. The van der Waals surface area contributed by atoms with Crippen LogP contribution >= 0.6 is 11.8 Å². The first-order valence-electron chi connectivity index (χ1n) is 7.07. The molecule has 0 radical (unpaired) electrons. The molecule has 0 aliphatic carbocycles. The average Bonchev–Trinajstić information content (AvgIpc) is 2.80. The lowest BCUT2D eigenvalue weighted by atomic mass is 9.99. The second-order valence-electron chi connectivity index (χ2n) is 5.81. The van der Waals surface area contributed by atoms with E-state index in [0.29, 0.717) is 6.04 Å². The van der Waals surface area contributed by atoms with Gasteiger partial charge < -0.3 is 9.84 Å². The third-order valence-electron chi connectivity index (χ3n) is 3.02. The van der Waals surface area contributed by atoms with E-state index in [1.165, 1.54) is 0 Å². The van der Waals surface area contributed by atoms with Gasteiger partial charge in [0.2, 0.25) is 5.89 Å². The van der Waals surface area contributed by atoms with Gasteiger partial charge in [0.25, 0.3) is 0 Å². The smallest absolute Gasteiger partial charge is 0.231 e. The summed E-state index contributed by atoms with van der Waals surface area (Å²) in [5, 5.41) is 7.55. The molecule has 5 heteroatoms. The summed E-state index contributed by atoms with van der Waals surface area (Å²) < 4.78 is 5.63. The van der Waals surface area contributed by atoms with Crippen molar-refractivity contribution in [2.24, 2.45) is 0 Å². The lowest BCUT2D eigenvalue weighted by molar-refractivity contribution is 0.320. The highest BCUT2D eigenvalue weighted by molar-refractivity contribution is 7.99. The molecule has 0 spiro atoms. The van der Waals surface area contributed by atoms with E-state index in [-0.39, 0.29) is 10.7 Å². The van der Waals surface area contributed by atoms with E-state index in [9.17, 15) is 0 Å². The Bertz CT molecular complexity index is 373. The zero-order valence-corrected chi connectivity index (χ0v) is 13.8. The zero-order chi connectivity index (χ0) is 14.5. The standard InChI is InChI=1S/C14H27N3OS/c1-7-11(15-8-2)10(3)13-16-12(17-18-13)9-19-14(4,5)6/h10-11,15H,7-9H2,1-6H3. The predicted molar refractivity (Wildman–Crippen MR) is 81.5 cm³/mol. The van der Waals surface area contributed by atoms with Gasteiger partial charge in [-0.2, -0.15) is 4.98 Å². The molecule has 2 unspecified atom stereocenters. The first-order chi connectivity index (χ1) is 8.87. The molecular formula is C14H27N3OS. The van der Waals surface area contributed by atoms with Crippen LogP contribution in [0.25, 0.3) is 0 Å². The molecule has 1 rings (SSSR count). The fraction of sp³-hybridized carbons (Fsp3) is 0.857. The first kappa shape index (κ1) is 16.5. The lowest BCUT2D eigenvalue weighted by Crippen LogP contribution is -2.33. The Morgan fingerprint density at radius 3 is 2.53 bits per heavy atom. The number of hydrogen-bond donors (Lipinski definition) is 1. The van der Waals surface area contributed by atoms with Crippen molar-refractivity contribution in [3.63, 3.8) is 0 Å². The highest BCUT2D eigenvalue weighted by atomic mass is 32.2. The fourth-order valence-corrected chi connectivity index (χ4v) is 2.58. The molecule has 2 atom stereocenters. The van der Waals surface area contributed by atoms with Crippen LogP contribution in [0.3, 0.4) is 0 Å². The van der Waals surface area contributed by atoms with Crippen LogP contribution in [0, 0.1) is 0 Å². The molecule has 1 heterocycles. The molecule has 0 bridgehead atoms. The van der Waals surface area contributed by atoms with Crippen LogP contribution in [0.15, 0.2) is 4.52 Å². The van der Waals surface area contributed by atoms with Gasteiger partial charge in [-0.15, -0.1) is 11.8 Å². The molecule has 0 fully saturated rings.